The number of hydrogen-bond donors (Lipinski definition) is 14. The fourth-order valence-corrected chi connectivity index (χ4v) is 10.6. The normalized spacial score (nSPS) is 30.7. The smallest absolute Gasteiger partial charge is 0.364 e. The van der Waals surface area contributed by atoms with Crippen molar-refractivity contribution >= 4 is 17.8 Å². The number of nitrogens with one attached hydrogen (secondary N) is 2. The molecule has 0 aliphatic carbocycles. The van der Waals surface area contributed by atoms with E-state index in [4.69, 9.17) is 28.4 Å². The second-order valence-electron chi connectivity index (χ2n) is 22.2. The number of amides is 2. The van der Waals surface area contributed by atoms with E-state index in [1.165, 1.54) is 103 Å². The molecule has 0 saturated carbocycles. The maximum absolute atomic E-state index is 13.3. The lowest BCUT2D eigenvalue weighted by molar-refractivity contribution is -0.386. The Morgan fingerprint density at radius 2 is 1.16 bits per heavy atom. The van der Waals surface area contributed by atoms with Crippen molar-refractivity contribution < 1.29 is 104 Å². The second kappa shape index (κ2) is 39.9. The Hall–Kier alpha value is -2.53. The fourth-order valence-electron chi connectivity index (χ4n) is 10.6. The molecule has 3 fully saturated rings. The van der Waals surface area contributed by atoms with Gasteiger partial charge >= 0.3 is 5.97 Å². The van der Waals surface area contributed by atoms with Gasteiger partial charge in [-0.1, -0.05) is 167 Å². The molecule has 0 aromatic carbocycles. The third-order valence-electron chi connectivity index (χ3n) is 15.5. The minimum absolute atomic E-state index is 0.204. The van der Waals surface area contributed by atoms with Crippen LogP contribution in [0.1, 0.15) is 194 Å². The molecule has 14 N–H and O–H groups in total. The van der Waals surface area contributed by atoms with E-state index in [0.29, 0.717) is 12.8 Å². The summed E-state index contributed by atoms with van der Waals surface area (Å²) in [4.78, 5) is 38.3. The molecule has 3 heterocycles. The molecule has 0 spiro atoms. The number of rotatable bonds is 43. The molecule has 23 nitrogen and oxygen atoms in total. The summed E-state index contributed by atoms with van der Waals surface area (Å²) in [6.45, 7) is 2.08. The minimum atomic E-state index is -3.08. The topological polar surface area (TPSA) is 373 Å². The summed E-state index contributed by atoms with van der Waals surface area (Å²) in [5, 5.41) is 135. The highest BCUT2D eigenvalue weighted by molar-refractivity contribution is 5.77. The number of carbonyl (C=O) groups is 3. The van der Waals surface area contributed by atoms with Crippen molar-refractivity contribution in [3.8, 4) is 0 Å². The SMILES string of the molecule is CCCCCCCCCCCCCC=C[C@@H](O)[C@H](CO[C@@H]1O[C@H](CO)[C@@H](O[C@@H]2O[C@H](CO)[C@H](O)[C@H](O[C@]3(C(=O)O)C[C@H](O)[C@@H](NC(C)=O)C([C@H](O)[C@H](O)CO)O3)[C@H]2O)[C@H](O)C1O)NC(=O)CCCCCCCCCCCCCCC. The minimum Gasteiger partial charge on any atom is -0.477 e. The number of aliphatic hydroxyl groups excluding tert-OH is 11. The molecule has 2 amide bonds. The first-order valence-corrected chi connectivity index (χ1v) is 30.1. The summed E-state index contributed by atoms with van der Waals surface area (Å²) < 4.78 is 34.6. The molecule has 3 aliphatic rings. The van der Waals surface area contributed by atoms with Crippen molar-refractivity contribution in [1.82, 2.24) is 10.6 Å². The fraction of sp³-hybridized carbons (Fsp3) is 0.912. The van der Waals surface area contributed by atoms with Gasteiger partial charge in [-0.25, -0.2) is 4.79 Å². The summed E-state index contributed by atoms with van der Waals surface area (Å²) in [6.07, 6.45) is 2.84. The van der Waals surface area contributed by atoms with Gasteiger partial charge in [-0.2, -0.15) is 0 Å². The lowest BCUT2D eigenvalue weighted by atomic mass is 9.88. The van der Waals surface area contributed by atoms with E-state index in [1.807, 2.05) is 6.08 Å². The number of aliphatic carboxylic acids is 1. The molecule has 2 unspecified atom stereocenters. The first kappa shape index (κ1) is 71.7. The summed E-state index contributed by atoms with van der Waals surface area (Å²) in [7, 11) is 0. The first-order chi connectivity index (χ1) is 38.4. The van der Waals surface area contributed by atoms with E-state index < -0.39 is 155 Å². The molecule has 3 saturated heterocycles. The molecule has 0 aromatic rings. The number of unbranched alkanes of at least 4 members (excludes halogenated alkanes) is 23. The Labute approximate surface area is 473 Å². The van der Waals surface area contributed by atoms with E-state index in [-0.39, 0.29) is 12.3 Å². The van der Waals surface area contributed by atoms with Crippen LogP contribution in [0.4, 0.5) is 0 Å². The molecule has 23 heteroatoms. The Kier molecular flexibility index (Phi) is 35.8. The Morgan fingerprint density at radius 1 is 0.650 bits per heavy atom. The van der Waals surface area contributed by atoms with Gasteiger partial charge in [-0.15, -0.1) is 0 Å². The Balaban J connectivity index is 1.69. The van der Waals surface area contributed by atoms with Gasteiger partial charge in [0.1, 0.15) is 67.1 Å². The summed E-state index contributed by atoms with van der Waals surface area (Å²) >= 11 is 0. The van der Waals surface area contributed by atoms with Crippen molar-refractivity contribution in [2.24, 2.45) is 0 Å². The zero-order valence-electron chi connectivity index (χ0n) is 47.9. The molecule has 3 aliphatic heterocycles. The summed E-state index contributed by atoms with van der Waals surface area (Å²) in [5.74, 6) is -6.14. The van der Waals surface area contributed by atoms with E-state index in [9.17, 15) is 75.7 Å². The van der Waals surface area contributed by atoms with Crippen LogP contribution in [0.3, 0.4) is 0 Å². The van der Waals surface area contributed by atoms with Gasteiger partial charge in [-0.05, 0) is 19.3 Å². The van der Waals surface area contributed by atoms with Gasteiger partial charge in [0.15, 0.2) is 12.6 Å². The van der Waals surface area contributed by atoms with Gasteiger partial charge in [-0.3, -0.25) is 9.59 Å². The molecule has 0 bridgehead atoms. The molecule has 3 rings (SSSR count). The van der Waals surface area contributed by atoms with Crippen LogP contribution in [-0.2, 0) is 42.8 Å². The van der Waals surface area contributed by atoms with Crippen molar-refractivity contribution in [1.29, 1.82) is 0 Å². The molecule has 468 valence electrons. The van der Waals surface area contributed by atoms with Gasteiger partial charge in [0.05, 0.1) is 50.7 Å². The molecule has 0 radical (unpaired) electrons. The molecule has 18 atom stereocenters. The van der Waals surface area contributed by atoms with Crippen molar-refractivity contribution in [2.75, 3.05) is 26.4 Å². The van der Waals surface area contributed by atoms with E-state index >= 15 is 0 Å². The zero-order valence-corrected chi connectivity index (χ0v) is 47.9. The van der Waals surface area contributed by atoms with Crippen LogP contribution in [0.5, 0.6) is 0 Å². The van der Waals surface area contributed by atoms with Gasteiger partial charge in [0, 0.05) is 19.8 Å². The van der Waals surface area contributed by atoms with Crippen molar-refractivity contribution in [3.05, 3.63) is 12.2 Å². The van der Waals surface area contributed by atoms with Crippen LogP contribution >= 0.6 is 0 Å². The van der Waals surface area contributed by atoms with E-state index in [0.717, 1.165) is 51.9 Å². The first-order valence-electron chi connectivity index (χ1n) is 30.1. The van der Waals surface area contributed by atoms with Crippen LogP contribution in [0.15, 0.2) is 12.2 Å². The van der Waals surface area contributed by atoms with Crippen molar-refractivity contribution in [2.45, 2.75) is 304 Å². The number of carboxylic acids is 1. The molecular weight excluding hydrogens is 1050 g/mol. The van der Waals surface area contributed by atoms with Crippen LogP contribution in [0, 0.1) is 0 Å². The third-order valence-corrected chi connectivity index (χ3v) is 15.5. The van der Waals surface area contributed by atoms with Crippen LogP contribution < -0.4 is 10.6 Å². The predicted molar refractivity (Wildman–Crippen MR) is 292 cm³/mol. The zero-order chi connectivity index (χ0) is 59.0. The van der Waals surface area contributed by atoms with Crippen LogP contribution in [0.2, 0.25) is 0 Å². The predicted octanol–water partition coefficient (Wildman–Crippen LogP) is 2.39. The third kappa shape index (κ3) is 24.2. The monoisotopic (exact) mass is 1150 g/mol. The van der Waals surface area contributed by atoms with Gasteiger partial charge in [0.2, 0.25) is 11.8 Å². The lowest BCUT2D eigenvalue weighted by Gasteiger charge is -2.50. The number of carboxylic acid groups (broad SMARTS) is 1. The lowest BCUT2D eigenvalue weighted by Crippen LogP contribution is -2.70. The molecular formula is C57H104N2O21. The largest absolute Gasteiger partial charge is 0.477 e. The summed E-state index contributed by atoms with van der Waals surface area (Å²) in [5.41, 5.74) is 0. The van der Waals surface area contributed by atoms with E-state index in [2.05, 4.69) is 24.5 Å². The van der Waals surface area contributed by atoms with Crippen LogP contribution in [-0.4, -0.2) is 215 Å². The molecule has 80 heavy (non-hydrogen) atoms. The highest BCUT2D eigenvalue weighted by atomic mass is 16.8. The van der Waals surface area contributed by atoms with Crippen LogP contribution in [0.25, 0.3) is 0 Å². The van der Waals surface area contributed by atoms with E-state index in [1.54, 1.807) is 6.08 Å². The summed E-state index contributed by atoms with van der Waals surface area (Å²) in [6, 6.07) is -2.61. The highest BCUT2D eigenvalue weighted by Crippen LogP contribution is 2.38. The number of allylic oxidation sites excluding steroid dienone is 1. The van der Waals surface area contributed by atoms with Gasteiger partial charge < -0.3 is 100 Å². The number of hydrogen-bond acceptors (Lipinski definition) is 20. The quantitative estimate of drug-likeness (QED) is 0.0308. The average molecular weight is 1150 g/mol. The highest BCUT2D eigenvalue weighted by Gasteiger charge is 2.60. The Bertz CT molecular complexity index is 1700. The average Bonchev–Trinajstić information content (AvgIpc) is 3.47. The van der Waals surface area contributed by atoms with Gasteiger partial charge in [0.25, 0.3) is 5.79 Å². The Morgan fingerprint density at radius 3 is 1.66 bits per heavy atom. The number of carbonyl (C=O) groups excluding carboxylic acids is 2. The standard InChI is InChI=1S/C57H104N2O21/c1-4-6-8-10-12-14-16-18-20-22-24-26-28-30-39(64)38(59-44(67)31-29-27-25-23-21-19-17-15-13-11-9-7-5-2)36-75-54-49(71)48(70)51(43(35-62)77-54)78-55-50(72)53(47(69)42(34-61)76-55)80-57(56(73)74)32-40(65)45(58-37(3)63)52(79-57)46(68)41(66)33-60/h28,30,38-43,45-55,60-62,64-66,68-72H,4-27,29,31-36H2,1-3H3,(H,58,63)(H,59,67)(H,73,74)/t38-,39+,40-,41+,42+,43+,45+,46+,47-,48+,49?,50+,51+,52?,53-,54+,55-,57-/m0/s1. The maximum atomic E-state index is 13.3. The molecule has 0 aromatic heterocycles. The second-order valence-corrected chi connectivity index (χ2v) is 22.2. The number of ether oxygens (including phenoxy) is 6. The maximum Gasteiger partial charge on any atom is 0.364 e. The van der Waals surface area contributed by atoms with Crippen molar-refractivity contribution in [3.63, 3.8) is 0 Å². The number of aliphatic hydroxyl groups is 11.